The van der Waals surface area contributed by atoms with Gasteiger partial charge in [-0.3, -0.25) is 9.78 Å². The zero-order valence-electron chi connectivity index (χ0n) is 13.0. The molecule has 4 heteroatoms. The monoisotopic (exact) mass is 286 g/mol. The van der Waals surface area contributed by atoms with Gasteiger partial charge in [0.1, 0.15) is 6.61 Å². The van der Waals surface area contributed by atoms with Gasteiger partial charge in [0, 0.05) is 18.9 Å². The minimum atomic E-state index is -0.236. The molecule has 1 heterocycles. The van der Waals surface area contributed by atoms with Crippen LogP contribution in [0.4, 0.5) is 0 Å². The lowest BCUT2D eigenvalue weighted by atomic mass is 10.0. The van der Waals surface area contributed by atoms with Crippen LogP contribution in [0.3, 0.4) is 0 Å². The van der Waals surface area contributed by atoms with Crippen LogP contribution in [0.15, 0.2) is 18.5 Å². The van der Waals surface area contributed by atoms with E-state index in [0.717, 1.165) is 0 Å². The SMILES string of the molecule is CC1(C)C(CNC(=O)c2ccncc2C#CCO)C1(C)C. The summed E-state index contributed by atoms with van der Waals surface area (Å²) in [5, 5.41) is 11.8. The number of hydrogen-bond acceptors (Lipinski definition) is 3. The lowest BCUT2D eigenvalue weighted by molar-refractivity contribution is 0.0949. The molecule has 0 radical (unpaired) electrons. The van der Waals surface area contributed by atoms with Gasteiger partial charge in [-0.15, -0.1) is 0 Å². The van der Waals surface area contributed by atoms with Gasteiger partial charge in [0.05, 0.1) is 11.1 Å². The number of aliphatic hydroxyl groups excluding tert-OH is 1. The van der Waals surface area contributed by atoms with Gasteiger partial charge in [-0.2, -0.15) is 0 Å². The van der Waals surface area contributed by atoms with Crippen LogP contribution in [-0.4, -0.2) is 29.1 Å². The highest BCUT2D eigenvalue weighted by atomic mass is 16.2. The zero-order valence-corrected chi connectivity index (χ0v) is 13.0. The van der Waals surface area contributed by atoms with Crippen molar-refractivity contribution in [3.8, 4) is 11.8 Å². The number of hydrogen-bond donors (Lipinski definition) is 2. The molecule has 1 aliphatic carbocycles. The van der Waals surface area contributed by atoms with Crippen LogP contribution < -0.4 is 5.32 Å². The van der Waals surface area contributed by atoms with E-state index >= 15 is 0 Å². The molecule has 0 aromatic carbocycles. The molecule has 0 saturated heterocycles. The number of carbonyl (C=O) groups excluding carboxylic acids is 1. The maximum Gasteiger partial charge on any atom is 0.252 e. The predicted octanol–water partition coefficient (Wildman–Crippen LogP) is 1.84. The van der Waals surface area contributed by atoms with E-state index in [1.807, 2.05) is 0 Å². The number of amides is 1. The van der Waals surface area contributed by atoms with E-state index in [2.05, 4.69) is 49.8 Å². The Morgan fingerprint density at radius 1 is 1.38 bits per heavy atom. The molecule has 1 fully saturated rings. The van der Waals surface area contributed by atoms with Gasteiger partial charge in [0.25, 0.3) is 5.91 Å². The Bertz CT molecular complexity index is 595. The molecular formula is C17H22N2O2. The summed E-state index contributed by atoms with van der Waals surface area (Å²) in [5.74, 6) is 5.64. The average molecular weight is 286 g/mol. The van der Waals surface area contributed by atoms with E-state index in [4.69, 9.17) is 5.11 Å². The Hall–Kier alpha value is -1.86. The van der Waals surface area contributed by atoms with E-state index in [1.165, 1.54) is 0 Å². The lowest BCUT2D eigenvalue weighted by Crippen LogP contribution is -2.27. The molecule has 1 amide bonds. The summed E-state index contributed by atoms with van der Waals surface area (Å²) in [7, 11) is 0. The van der Waals surface area contributed by atoms with Crippen molar-refractivity contribution >= 4 is 5.91 Å². The van der Waals surface area contributed by atoms with Crippen LogP contribution in [-0.2, 0) is 0 Å². The fourth-order valence-electron chi connectivity index (χ4n) is 2.96. The molecule has 2 rings (SSSR count). The molecule has 0 atom stereocenters. The van der Waals surface area contributed by atoms with E-state index in [-0.39, 0.29) is 23.3 Å². The molecule has 0 bridgehead atoms. The quantitative estimate of drug-likeness (QED) is 0.833. The minimum absolute atomic E-state index is 0.141. The van der Waals surface area contributed by atoms with Gasteiger partial charge in [-0.05, 0) is 22.8 Å². The molecule has 21 heavy (non-hydrogen) atoms. The van der Waals surface area contributed by atoms with Crippen LogP contribution in [0.1, 0.15) is 43.6 Å². The van der Waals surface area contributed by atoms with Crippen molar-refractivity contribution in [3.63, 3.8) is 0 Å². The van der Waals surface area contributed by atoms with E-state index in [1.54, 1.807) is 18.5 Å². The summed E-state index contributed by atoms with van der Waals surface area (Å²) in [6, 6.07) is 1.65. The van der Waals surface area contributed by atoms with Gasteiger partial charge < -0.3 is 10.4 Å². The molecule has 112 valence electrons. The fourth-order valence-corrected chi connectivity index (χ4v) is 2.96. The third kappa shape index (κ3) is 2.79. The smallest absolute Gasteiger partial charge is 0.252 e. The van der Waals surface area contributed by atoms with Crippen molar-refractivity contribution in [2.45, 2.75) is 27.7 Å². The van der Waals surface area contributed by atoms with Gasteiger partial charge in [-0.1, -0.05) is 39.5 Å². The number of pyridine rings is 1. The summed E-state index contributed by atoms with van der Waals surface area (Å²) in [6.07, 6.45) is 3.12. The van der Waals surface area contributed by atoms with Crippen LogP contribution in [0, 0.1) is 28.6 Å². The van der Waals surface area contributed by atoms with E-state index in [0.29, 0.717) is 23.6 Å². The van der Waals surface area contributed by atoms with Crippen LogP contribution in [0.5, 0.6) is 0 Å². The maximum absolute atomic E-state index is 12.3. The highest BCUT2D eigenvalue weighted by Gasteiger charge is 2.64. The molecule has 0 unspecified atom stereocenters. The fraction of sp³-hybridized carbons (Fsp3) is 0.529. The second-order valence-corrected chi connectivity index (χ2v) is 6.59. The van der Waals surface area contributed by atoms with Crippen molar-refractivity contribution in [2.24, 2.45) is 16.7 Å². The molecule has 0 spiro atoms. The number of nitrogens with one attached hydrogen (secondary N) is 1. The first-order valence-corrected chi connectivity index (χ1v) is 7.14. The predicted molar refractivity (Wildman–Crippen MR) is 81.6 cm³/mol. The third-order valence-electron chi connectivity index (χ3n) is 5.15. The van der Waals surface area contributed by atoms with Crippen molar-refractivity contribution in [3.05, 3.63) is 29.6 Å². The van der Waals surface area contributed by atoms with Crippen molar-refractivity contribution in [2.75, 3.05) is 13.2 Å². The second-order valence-electron chi connectivity index (χ2n) is 6.59. The molecule has 1 saturated carbocycles. The molecule has 1 aromatic rings. The van der Waals surface area contributed by atoms with Crippen LogP contribution in [0.25, 0.3) is 0 Å². The summed E-state index contributed by atoms with van der Waals surface area (Å²) < 4.78 is 0. The topological polar surface area (TPSA) is 62.2 Å². The largest absolute Gasteiger partial charge is 0.384 e. The summed E-state index contributed by atoms with van der Waals surface area (Å²) in [4.78, 5) is 16.3. The van der Waals surface area contributed by atoms with Gasteiger partial charge >= 0.3 is 0 Å². The van der Waals surface area contributed by atoms with E-state index in [9.17, 15) is 4.79 Å². The lowest BCUT2D eigenvalue weighted by Gasteiger charge is -2.07. The Kier molecular flexibility index (Phi) is 4.06. The zero-order chi connectivity index (χ0) is 15.7. The highest BCUT2D eigenvalue weighted by Crippen LogP contribution is 2.67. The number of nitrogens with zero attached hydrogens (tertiary/aromatic N) is 1. The highest BCUT2D eigenvalue weighted by molar-refractivity contribution is 5.96. The standard InChI is InChI=1S/C17H22N2O2/c1-16(2)14(17(16,3)4)11-19-15(21)13-7-8-18-10-12(13)6-5-9-20/h7-8,10,14,20H,9,11H2,1-4H3,(H,19,21). The normalized spacial score (nSPS) is 18.5. The molecule has 4 nitrogen and oxygen atoms in total. The molecular weight excluding hydrogens is 264 g/mol. The molecule has 1 aliphatic rings. The van der Waals surface area contributed by atoms with Gasteiger partial charge in [0.15, 0.2) is 0 Å². The van der Waals surface area contributed by atoms with Gasteiger partial charge in [0.2, 0.25) is 0 Å². The maximum atomic E-state index is 12.3. The summed E-state index contributed by atoms with van der Waals surface area (Å²) in [5.41, 5.74) is 1.54. The summed E-state index contributed by atoms with van der Waals surface area (Å²) in [6.45, 7) is 9.35. The number of aromatic nitrogens is 1. The number of aliphatic hydroxyl groups is 1. The van der Waals surface area contributed by atoms with Gasteiger partial charge in [-0.25, -0.2) is 0 Å². The van der Waals surface area contributed by atoms with Crippen LogP contribution in [0.2, 0.25) is 0 Å². The third-order valence-corrected chi connectivity index (χ3v) is 5.15. The van der Waals surface area contributed by atoms with Crippen molar-refractivity contribution in [1.82, 2.24) is 10.3 Å². The first kappa shape index (κ1) is 15.5. The Labute approximate surface area is 126 Å². The van der Waals surface area contributed by atoms with E-state index < -0.39 is 0 Å². The minimum Gasteiger partial charge on any atom is -0.384 e. The number of rotatable bonds is 3. The first-order valence-electron chi connectivity index (χ1n) is 7.14. The summed E-state index contributed by atoms with van der Waals surface area (Å²) >= 11 is 0. The molecule has 2 N–H and O–H groups in total. The molecule has 1 aromatic heterocycles. The number of carbonyl (C=O) groups is 1. The Balaban J connectivity index is 2.05. The average Bonchev–Trinajstić information content (AvgIpc) is 2.84. The Morgan fingerprint density at radius 2 is 2.05 bits per heavy atom. The molecule has 0 aliphatic heterocycles. The first-order chi connectivity index (χ1) is 9.82. The Morgan fingerprint density at radius 3 is 2.62 bits per heavy atom. The van der Waals surface area contributed by atoms with Crippen molar-refractivity contribution in [1.29, 1.82) is 0 Å². The van der Waals surface area contributed by atoms with Crippen LogP contribution >= 0.6 is 0 Å². The van der Waals surface area contributed by atoms with Crippen molar-refractivity contribution < 1.29 is 9.90 Å². The second kappa shape index (κ2) is 5.50.